The van der Waals surface area contributed by atoms with Crippen molar-refractivity contribution in [2.24, 2.45) is 5.73 Å². The van der Waals surface area contributed by atoms with E-state index in [1.54, 1.807) is 0 Å². The number of rotatable bonds is 4. The number of thioether (sulfide) groups is 1. The van der Waals surface area contributed by atoms with Gasteiger partial charge in [-0.15, -0.1) is 11.8 Å². The third-order valence-corrected chi connectivity index (χ3v) is 5.24. The van der Waals surface area contributed by atoms with E-state index in [-0.39, 0.29) is 6.04 Å². The Labute approximate surface area is 114 Å². The van der Waals surface area contributed by atoms with Crippen LogP contribution in [0.25, 0.3) is 0 Å². The first kappa shape index (κ1) is 13.9. The first-order chi connectivity index (χ1) is 8.66. The molecule has 1 saturated heterocycles. The van der Waals surface area contributed by atoms with Gasteiger partial charge in [0.1, 0.15) is 0 Å². The lowest BCUT2D eigenvalue weighted by molar-refractivity contribution is 0.0999. The lowest BCUT2D eigenvalue weighted by Crippen LogP contribution is -2.26. The molecule has 1 aliphatic heterocycles. The Morgan fingerprint density at radius 3 is 2.39 bits per heavy atom. The second-order valence-corrected chi connectivity index (χ2v) is 6.58. The molecule has 2 nitrogen and oxygen atoms in total. The molecule has 0 radical (unpaired) electrons. The standard InChI is InChI=1S/C15H23NOS/c1-11-3-5-13(6-4-11)15(12(2)16)18-14-7-9-17-10-8-14/h3-6,12,14-15H,7-10,16H2,1-2H3. The molecular weight excluding hydrogens is 242 g/mol. The topological polar surface area (TPSA) is 35.2 Å². The number of aryl methyl sites for hydroxylation is 1. The zero-order valence-electron chi connectivity index (χ0n) is 11.3. The molecule has 100 valence electrons. The van der Waals surface area contributed by atoms with Crippen LogP contribution in [0, 0.1) is 6.92 Å². The summed E-state index contributed by atoms with van der Waals surface area (Å²) in [6, 6.07) is 8.97. The molecule has 1 fully saturated rings. The average molecular weight is 265 g/mol. The van der Waals surface area contributed by atoms with E-state index in [1.807, 2.05) is 11.8 Å². The van der Waals surface area contributed by atoms with Gasteiger partial charge in [-0.05, 0) is 32.3 Å². The van der Waals surface area contributed by atoms with E-state index in [0.29, 0.717) is 10.5 Å². The van der Waals surface area contributed by atoms with Gasteiger partial charge in [0.2, 0.25) is 0 Å². The van der Waals surface area contributed by atoms with Crippen LogP contribution >= 0.6 is 11.8 Å². The predicted molar refractivity (Wildman–Crippen MR) is 79.0 cm³/mol. The van der Waals surface area contributed by atoms with Crippen LogP contribution in [0.15, 0.2) is 24.3 Å². The fourth-order valence-electron chi connectivity index (χ4n) is 2.28. The van der Waals surface area contributed by atoms with Gasteiger partial charge in [0.05, 0.1) is 0 Å². The average Bonchev–Trinajstić information content (AvgIpc) is 2.38. The number of ether oxygens (including phenoxy) is 1. The van der Waals surface area contributed by atoms with E-state index in [2.05, 4.69) is 38.1 Å². The van der Waals surface area contributed by atoms with Crippen molar-refractivity contribution >= 4 is 11.8 Å². The third-order valence-electron chi connectivity index (χ3n) is 3.39. The molecule has 2 atom stereocenters. The molecule has 18 heavy (non-hydrogen) atoms. The molecule has 0 saturated carbocycles. The summed E-state index contributed by atoms with van der Waals surface area (Å²) in [6.45, 7) is 6.03. The first-order valence-electron chi connectivity index (χ1n) is 6.72. The second kappa shape index (κ2) is 6.60. The van der Waals surface area contributed by atoms with Crippen molar-refractivity contribution in [3.8, 4) is 0 Å². The summed E-state index contributed by atoms with van der Waals surface area (Å²) in [6.07, 6.45) is 2.31. The highest BCUT2D eigenvalue weighted by molar-refractivity contribution is 8.00. The Kier molecular flexibility index (Phi) is 5.10. The summed E-state index contributed by atoms with van der Waals surface area (Å²) >= 11 is 2.03. The molecule has 0 bridgehead atoms. The van der Waals surface area contributed by atoms with Gasteiger partial charge in [-0.25, -0.2) is 0 Å². The van der Waals surface area contributed by atoms with Gasteiger partial charge < -0.3 is 10.5 Å². The Bertz CT molecular complexity index is 357. The third kappa shape index (κ3) is 3.74. The summed E-state index contributed by atoms with van der Waals surface area (Å²) in [5.74, 6) is 0. The summed E-state index contributed by atoms with van der Waals surface area (Å²) < 4.78 is 5.42. The summed E-state index contributed by atoms with van der Waals surface area (Å²) in [5, 5.41) is 1.09. The predicted octanol–water partition coefficient (Wildman–Crippen LogP) is 3.30. The summed E-state index contributed by atoms with van der Waals surface area (Å²) in [7, 11) is 0. The molecule has 1 aliphatic rings. The fraction of sp³-hybridized carbons (Fsp3) is 0.600. The molecule has 3 heteroatoms. The van der Waals surface area contributed by atoms with E-state index in [0.717, 1.165) is 26.1 Å². The monoisotopic (exact) mass is 265 g/mol. The Balaban J connectivity index is 2.05. The highest BCUT2D eigenvalue weighted by Gasteiger charge is 2.23. The lowest BCUT2D eigenvalue weighted by Gasteiger charge is -2.28. The molecule has 2 rings (SSSR count). The molecule has 1 aromatic carbocycles. The molecule has 1 aromatic rings. The van der Waals surface area contributed by atoms with Gasteiger partial charge in [0.25, 0.3) is 0 Å². The Morgan fingerprint density at radius 1 is 1.22 bits per heavy atom. The van der Waals surface area contributed by atoms with E-state index in [1.165, 1.54) is 11.1 Å². The minimum Gasteiger partial charge on any atom is -0.381 e. The van der Waals surface area contributed by atoms with Crippen LogP contribution in [0.5, 0.6) is 0 Å². The zero-order valence-corrected chi connectivity index (χ0v) is 12.1. The molecule has 2 unspecified atom stereocenters. The minimum absolute atomic E-state index is 0.181. The number of benzene rings is 1. The van der Waals surface area contributed by atoms with Crippen LogP contribution in [0.2, 0.25) is 0 Å². The number of hydrogen-bond acceptors (Lipinski definition) is 3. The zero-order chi connectivity index (χ0) is 13.0. The van der Waals surface area contributed by atoms with E-state index >= 15 is 0 Å². The molecule has 1 heterocycles. The maximum Gasteiger partial charge on any atom is 0.0476 e. The van der Waals surface area contributed by atoms with E-state index in [4.69, 9.17) is 10.5 Å². The van der Waals surface area contributed by atoms with Crippen LogP contribution in [0.3, 0.4) is 0 Å². The maximum absolute atomic E-state index is 6.17. The minimum atomic E-state index is 0.181. The molecular formula is C15H23NOS. The highest BCUT2D eigenvalue weighted by Crippen LogP contribution is 2.38. The van der Waals surface area contributed by atoms with Crippen molar-refractivity contribution in [1.29, 1.82) is 0 Å². The SMILES string of the molecule is Cc1ccc(C(SC2CCOCC2)C(C)N)cc1. The van der Waals surface area contributed by atoms with Crippen LogP contribution in [-0.2, 0) is 4.74 Å². The fourth-order valence-corrected chi connectivity index (χ4v) is 3.72. The maximum atomic E-state index is 6.17. The van der Waals surface area contributed by atoms with Gasteiger partial charge >= 0.3 is 0 Å². The van der Waals surface area contributed by atoms with Crippen molar-refractivity contribution in [3.63, 3.8) is 0 Å². The second-order valence-electron chi connectivity index (χ2n) is 5.14. The quantitative estimate of drug-likeness (QED) is 0.907. The first-order valence-corrected chi connectivity index (χ1v) is 7.66. The van der Waals surface area contributed by atoms with Gasteiger partial charge in [-0.3, -0.25) is 0 Å². The van der Waals surface area contributed by atoms with Crippen molar-refractivity contribution in [1.82, 2.24) is 0 Å². The van der Waals surface area contributed by atoms with Crippen LogP contribution in [-0.4, -0.2) is 24.5 Å². The van der Waals surface area contributed by atoms with E-state index in [9.17, 15) is 0 Å². The van der Waals surface area contributed by atoms with Crippen molar-refractivity contribution in [2.45, 2.75) is 43.2 Å². The number of nitrogens with two attached hydrogens (primary N) is 1. The molecule has 0 spiro atoms. The van der Waals surface area contributed by atoms with E-state index < -0.39 is 0 Å². The molecule has 2 N–H and O–H groups in total. The van der Waals surface area contributed by atoms with Crippen molar-refractivity contribution in [2.75, 3.05) is 13.2 Å². The molecule has 0 amide bonds. The Morgan fingerprint density at radius 2 is 1.83 bits per heavy atom. The van der Waals surface area contributed by atoms with Gasteiger partial charge in [-0.2, -0.15) is 0 Å². The van der Waals surface area contributed by atoms with Crippen LogP contribution in [0.4, 0.5) is 0 Å². The van der Waals surface area contributed by atoms with Gasteiger partial charge in [0, 0.05) is 29.8 Å². The number of hydrogen-bond donors (Lipinski definition) is 1. The largest absolute Gasteiger partial charge is 0.381 e. The molecule has 0 aliphatic carbocycles. The van der Waals surface area contributed by atoms with Gasteiger partial charge in [-0.1, -0.05) is 29.8 Å². The lowest BCUT2D eigenvalue weighted by atomic mass is 10.1. The van der Waals surface area contributed by atoms with Crippen LogP contribution < -0.4 is 5.73 Å². The Hall–Kier alpha value is -0.510. The summed E-state index contributed by atoms with van der Waals surface area (Å²) in [4.78, 5) is 0. The van der Waals surface area contributed by atoms with Crippen molar-refractivity contribution in [3.05, 3.63) is 35.4 Å². The smallest absolute Gasteiger partial charge is 0.0476 e. The normalized spacial score (nSPS) is 20.6. The van der Waals surface area contributed by atoms with Crippen molar-refractivity contribution < 1.29 is 4.74 Å². The molecule has 0 aromatic heterocycles. The summed E-state index contributed by atoms with van der Waals surface area (Å²) in [5.41, 5.74) is 8.83. The van der Waals surface area contributed by atoms with Crippen LogP contribution in [0.1, 0.15) is 36.1 Å². The van der Waals surface area contributed by atoms with Gasteiger partial charge in [0.15, 0.2) is 0 Å². The highest BCUT2D eigenvalue weighted by atomic mass is 32.2.